The lowest BCUT2D eigenvalue weighted by molar-refractivity contribution is -0.264. The number of carbonyl (C=O) groups is 2. The first kappa shape index (κ1) is 36.8. The molecule has 0 spiro atoms. The SMILES string of the molecule is O=C(CCC1CC2CCCC(C(=O)OC(C(F)(F)F)C(F)(F)S(=O)(=O)O)(C2)C1)Oc1ccc(Oc2c(I)cc(I)cc2I)cc1. The van der Waals surface area contributed by atoms with Crippen LogP contribution in [0.1, 0.15) is 51.4 Å². The maximum Gasteiger partial charge on any atom is 0.432 e. The van der Waals surface area contributed by atoms with E-state index in [2.05, 4.69) is 72.5 Å². The molecule has 17 heteroatoms. The Balaban J connectivity index is 1.37. The first-order valence-corrected chi connectivity index (χ1v) is 18.2. The fraction of sp³-hybridized carbons (Fsp3) is 0.500. The van der Waals surface area contributed by atoms with Crippen LogP contribution >= 0.6 is 67.8 Å². The molecule has 4 unspecified atom stereocenters. The topological polar surface area (TPSA) is 116 Å². The first-order valence-electron chi connectivity index (χ1n) is 13.6. The van der Waals surface area contributed by atoms with Crippen LogP contribution in [-0.2, 0) is 24.4 Å². The molecule has 2 aromatic carbocycles. The Labute approximate surface area is 296 Å². The van der Waals surface area contributed by atoms with Crippen molar-refractivity contribution in [2.24, 2.45) is 17.3 Å². The molecule has 4 rings (SSSR count). The Morgan fingerprint density at radius 3 is 2.18 bits per heavy atom. The summed E-state index contributed by atoms with van der Waals surface area (Å²) in [5.41, 5.74) is -1.56. The van der Waals surface area contributed by atoms with Crippen molar-refractivity contribution < 1.29 is 58.7 Å². The maximum atomic E-state index is 14.1. The third kappa shape index (κ3) is 8.89. The minimum absolute atomic E-state index is 0.0280. The number of ether oxygens (including phenoxy) is 3. The van der Waals surface area contributed by atoms with Crippen molar-refractivity contribution in [3.05, 3.63) is 47.1 Å². The number of halogens is 8. The Bertz CT molecular complexity index is 1510. The van der Waals surface area contributed by atoms with Gasteiger partial charge in [-0.2, -0.15) is 30.4 Å². The Kier molecular flexibility index (Phi) is 11.6. The fourth-order valence-electron chi connectivity index (χ4n) is 5.99. The zero-order valence-electron chi connectivity index (χ0n) is 23.1. The van der Waals surface area contributed by atoms with Crippen molar-refractivity contribution in [3.8, 4) is 17.2 Å². The van der Waals surface area contributed by atoms with Crippen molar-refractivity contribution in [2.45, 2.75) is 68.9 Å². The standard InChI is InChI=1S/C28H26F5I3O8S/c29-27(30,31)24(28(32,33)45(39,40)41)44-25(38)26-9-1-2-15(13-26)10-16(14-26)3-8-22(37)42-18-4-6-19(7-5-18)43-23-20(35)11-17(34)12-21(23)36/h4-7,11-12,15-16,24H,1-3,8-10,13-14H2,(H,39,40,41). The van der Waals surface area contributed by atoms with E-state index < -0.39 is 45.0 Å². The van der Waals surface area contributed by atoms with Gasteiger partial charge in [0.25, 0.3) is 6.10 Å². The molecule has 2 aliphatic carbocycles. The summed E-state index contributed by atoms with van der Waals surface area (Å²) in [5.74, 6) is -1.15. The van der Waals surface area contributed by atoms with Gasteiger partial charge in [0.2, 0.25) is 0 Å². The molecule has 0 amide bonds. The van der Waals surface area contributed by atoms with Gasteiger partial charge in [-0.1, -0.05) is 12.8 Å². The lowest BCUT2D eigenvalue weighted by Crippen LogP contribution is -2.54. The minimum atomic E-state index is -6.55. The molecule has 248 valence electrons. The summed E-state index contributed by atoms with van der Waals surface area (Å²) in [5, 5.41) is -5.80. The molecule has 0 heterocycles. The van der Waals surface area contributed by atoms with Gasteiger partial charge in [0.05, 0.1) is 12.6 Å². The van der Waals surface area contributed by atoms with Gasteiger partial charge in [0, 0.05) is 9.99 Å². The van der Waals surface area contributed by atoms with Crippen LogP contribution in [0.15, 0.2) is 36.4 Å². The number of esters is 2. The summed E-state index contributed by atoms with van der Waals surface area (Å²) in [7, 11) is -6.55. The van der Waals surface area contributed by atoms with Crippen molar-refractivity contribution in [3.63, 3.8) is 0 Å². The molecule has 45 heavy (non-hydrogen) atoms. The molecule has 0 saturated heterocycles. The van der Waals surface area contributed by atoms with Gasteiger partial charge in [-0.05, 0) is 148 Å². The Hall–Kier alpha value is -1.07. The highest BCUT2D eigenvalue weighted by molar-refractivity contribution is 14.1. The highest BCUT2D eigenvalue weighted by Crippen LogP contribution is 2.53. The molecule has 0 aromatic heterocycles. The highest BCUT2D eigenvalue weighted by Gasteiger charge is 2.67. The second kappa shape index (κ2) is 14.2. The second-order valence-electron chi connectivity index (χ2n) is 11.2. The molecule has 8 nitrogen and oxygen atoms in total. The molecular weight excluding hydrogens is 972 g/mol. The van der Waals surface area contributed by atoms with Gasteiger partial charge >= 0.3 is 33.5 Å². The third-order valence-electron chi connectivity index (χ3n) is 7.89. The van der Waals surface area contributed by atoms with Crippen LogP contribution in [0, 0.1) is 28.0 Å². The van der Waals surface area contributed by atoms with Gasteiger partial charge in [0.1, 0.15) is 11.5 Å². The van der Waals surface area contributed by atoms with E-state index in [0.29, 0.717) is 30.8 Å². The molecule has 4 atom stereocenters. The number of rotatable bonds is 10. The maximum absolute atomic E-state index is 14.1. The first-order chi connectivity index (χ1) is 20.8. The van der Waals surface area contributed by atoms with E-state index in [9.17, 15) is 40.0 Å². The van der Waals surface area contributed by atoms with Crippen molar-refractivity contribution in [1.29, 1.82) is 0 Å². The smallest absolute Gasteiger partial charge is 0.432 e. The largest absolute Gasteiger partial charge is 0.455 e. The predicted octanol–water partition coefficient (Wildman–Crippen LogP) is 8.52. The number of carbonyl (C=O) groups excluding carboxylic acids is 2. The number of hydrogen-bond donors (Lipinski definition) is 1. The van der Waals surface area contributed by atoms with Crippen molar-refractivity contribution in [1.82, 2.24) is 0 Å². The van der Waals surface area contributed by atoms with Crippen LogP contribution in [0.25, 0.3) is 0 Å². The molecule has 2 fully saturated rings. The molecule has 1 N–H and O–H groups in total. The Morgan fingerprint density at radius 1 is 1.00 bits per heavy atom. The second-order valence-corrected chi connectivity index (χ2v) is 16.3. The Morgan fingerprint density at radius 2 is 1.60 bits per heavy atom. The minimum Gasteiger partial charge on any atom is -0.455 e. The summed E-state index contributed by atoms with van der Waals surface area (Å²) >= 11 is 6.57. The van der Waals surface area contributed by atoms with E-state index in [1.165, 1.54) is 0 Å². The molecule has 2 bridgehead atoms. The van der Waals surface area contributed by atoms with Crippen LogP contribution in [0.2, 0.25) is 0 Å². The summed E-state index contributed by atoms with van der Waals surface area (Å²) < 4.78 is 118. The number of benzene rings is 2. The van der Waals surface area contributed by atoms with Gasteiger partial charge in [0.15, 0.2) is 5.75 Å². The van der Waals surface area contributed by atoms with Crippen molar-refractivity contribution >= 4 is 89.8 Å². The van der Waals surface area contributed by atoms with Crippen molar-refractivity contribution in [2.75, 3.05) is 0 Å². The summed E-state index contributed by atoms with van der Waals surface area (Å²) in [6, 6.07) is 10.4. The number of fused-ring (bicyclic) bond motifs is 2. The molecule has 2 aromatic rings. The van der Waals surface area contributed by atoms with E-state index in [-0.39, 0.29) is 49.7 Å². The highest BCUT2D eigenvalue weighted by atomic mass is 127. The van der Waals surface area contributed by atoms with Gasteiger partial charge in [-0.15, -0.1) is 0 Å². The monoisotopic (exact) mass is 998 g/mol. The lowest BCUT2D eigenvalue weighted by Gasteiger charge is -2.47. The van der Waals surface area contributed by atoms with Crippen LogP contribution in [0.5, 0.6) is 17.2 Å². The van der Waals surface area contributed by atoms with E-state index in [1.807, 2.05) is 12.1 Å². The predicted molar refractivity (Wildman–Crippen MR) is 176 cm³/mol. The third-order valence-corrected chi connectivity index (χ3v) is 11.0. The molecule has 2 saturated carbocycles. The van der Waals surface area contributed by atoms with Crippen LogP contribution < -0.4 is 9.47 Å². The summed E-state index contributed by atoms with van der Waals surface area (Å²) in [4.78, 5) is 25.7. The molecule has 0 radical (unpaired) electrons. The zero-order valence-corrected chi connectivity index (χ0v) is 30.4. The van der Waals surface area contributed by atoms with Crippen LogP contribution in [0.3, 0.4) is 0 Å². The average Bonchev–Trinajstić information content (AvgIpc) is 2.91. The number of hydrogen-bond acceptors (Lipinski definition) is 7. The molecular formula is C28H26F5I3O8S. The van der Waals surface area contributed by atoms with Gasteiger partial charge < -0.3 is 14.2 Å². The number of alkyl halides is 5. The molecule has 0 aliphatic heterocycles. The van der Waals surface area contributed by atoms with E-state index in [4.69, 9.17) is 14.0 Å². The van der Waals surface area contributed by atoms with E-state index in [0.717, 1.165) is 10.7 Å². The van der Waals surface area contributed by atoms with Gasteiger partial charge in [-0.25, -0.2) is 0 Å². The van der Waals surface area contributed by atoms with Crippen LogP contribution in [0.4, 0.5) is 22.0 Å². The lowest BCUT2D eigenvalue weighted by atomic mass is 9.58. The molecule has 2 aliphatic rings. The average molecular weight is 998 g/mol. The summed E-state index contributed by atoms with van der Waals surface area (Å²) in [6.45, 7) is 0. The zero-order chi connectivity index (χ0) is 33.4. The fourth-order valence-corrected chi connectivity index (χ4v) is 10.2. The summed E-state index contributed by atoms with van der Waals surface area (Å²) in [6.07, 6.45) is -8.45. The van der Waals surface area contributed by atoms with E-state index >= 15 is 0 Å². The van der Waals surface area contributed by atoms with Gasteiger partial charge in [-0.3, -0.25) is 14.1 Å². The normalized spacial score (nSPS) is 22.8. The quantitative estimate of drug-likeness (QED) is 0.0829. The van der Waals surface area contributed by atoms with Crippen LogP contribution in [-0.4, -0.2) is 42.4 Å². The van der Waals surface area contributed by atoms with E-state index in [1.54, 1.807) is 24.3 Å².